The van der Waals surface area contributed by atoms with Gasteiger partial charge in [0.05, 0.1) is 16.0 Å². The van der Waals surface area contributed by atoms with Crippen LogP contribution in [0.1, 0.15) is 46.5 Å². The van der Waals surface area contributed by atoms with Gasteiger partial charge in [-0.15, -0.1) is 0 Å². The Kier molecular flexibility index (Phi) is 7.51. The number of hydrogen-bond donors (Lipinski definition) is 2. The summed E-state index contributed by atoms with van der Waals surface area (Å²) in [7, 11) is 0. The number of hydrogen-bond acceptors (Lipinski definition) is 3. The quantitative estimate of drug-likeness (QED) is 0.633. The molecule has 1 saturated heterocycles. The maximum Gasteiger partial charge on any atom is 0.232 e. The van der Waals surface area contributed by atoms with Crippen molar-refractivity contribution in [3.8, 4) is 0 Å². The van der Waals surface area contributed by atoms with Gasteiger partial charge in [0.1, 0.15) is 0 Å². The summed E-state index contributed by atoms with van der Waals surface area (Å²) in [5, 5.41) is 3.69. The Morgan fingerprint density at radius 1 is 1.40 bits per heavy atom. The van der Waals surface area contributed by atoms with Crippen LogP contribution in [0.2, 0.25) is 5.02 Å². The van der Waals surface area contributed by atoms with Gasteiger partial charge in [-0.1, -0.05) is 44.5 Å². The summed E-state index contributed by atoms with van der Waals surface area (Å²) in [6.07, 6.45) is 4.06. The van der Waals surface area contributed by atoms with Crippen molar-refractivity contribution < 1.29 is 4.79 Å². The molecule has 2 atom stereocenters. The summed E-state index contributed by atoms with van der Waals surface area (Å²) in [5.41, 5.74) is 1.37. The molecule has 1 amide bonds. The lowest BCUT2D eigenvalue weighted by atomic mass is 9.81. The molecule has 2 rings (SSSR count). The molecule has 140 valence electrons. The second kappa shape index (κ2) is 9.18. The molecule has 25 heavy (non-hydrogen) atoms. The maximum absolute atomic E-state index is 12.2. The summed E-state index contributed by atoms with van der Waals surface area (Å²) in [4.78, 5) is 14.5. The van der Waals surface area contributed by atoms with E-state index in [-0.39, 0.29) is 16.6 Å². The van der Waals surface area contributed by atoms with E-state index >= 15 is 0 Å². The Morgan fingerprint density at radius 2 is 2.12 bits per heavy atom. The number of rotatable bonds is 8. The summed E-state index contributed by atoms with van der Waals surface area (Å²) in [5.74, 6) is 0.540. The molecule has 1 aliphatic heterocycles. The molecule has 0 saturated carbocycles. The van der Waals surface area contributed by atoms with Crippen LogP contribution in [-0.2, 0) is 4.79 Å². The molecule has 1 fully saturated rings. The number of carbonyl (C=O) groups excluding carboxylic acids is 1. The van der Waals surface area contributed by atoms with Gasteiger partial charge in [0.15, 0.2) is 0 Å². The van der Waals surface area contributed by atoms with Gasteiger partial charge < -0.3 is 10.2 Å². The molecule has 1 aliphatic rings. The summed E-state index contributed by atoms with van der Waals surface area (Å²) >= 11 is 10.8. The minimum atomic E-state index is -0.208. The zero-order valence-corrected chi connectivity index (χ0v) is 17.2. The monoisotopic (exact) mass is 382 g/mol. The van der Waals surface area contributed by atoms with Crippen LogP contribution >= 0.6 is 24.2 Å². The summed E-state index contributed by atoms with van der Waals surface area (Å²) in [6.45, 7) is 9.22. The smallest absolute Gasteiger partial charge is 0.232 e. The molecule has 1 aromatic rings. The predicted octanol–water partition coefficient (Wildman–Crippen LogP) is 4.80. The fourth-order valence-corrected chi connectivity index (χ4v) is 4.41. The molecule has 0 bridgehead atoms. The second-order valence-corrected chi connectivity index (χ2v) is 8.69. The SMILES string of the molecule is CCC1(CCNC(=O)C(S)CC(C)C)CCN(c2ccccc2Cl)C1. The standard InChI is InChI=1S/C20H31ClN2OS/c1-4-20(9-11-22-19(24)18(25)13-15(2)3)10-12-23(14-20)17-8-6-5-7-16(17)21/h5-8,15,18,25H,4,9-14H2,1-3H3,(H,22,24). The summed E-state index contributed by atoms with van der Waals surface area (Å²) < 4.78 is 0. The number of nitrogens with one attached hydrogen (secondary N) is 1. The minimum absolute atomic E-state index is 0.0595. The van der Waals surface area contributed by atoms with Crippen molar-refractivity contribution in [2.45, 2.75) is 51.7 Å². The lowest BCUT2D eigenvalue weighted by Crippen LogP contribution is -2.36. The highest BCUT2D eigenvalue weighted by Gasteiger charge is 2.36. The first kappa shape index (κ1) is 20.4. The van der Waals surface area contributed by atoms with Crippen LogP contribution in [0.5, 0.6) is 0 Å². The third-order valence-electron chi connectivity index (χ3n) is 5.33. The van der Waals surface area contributed by atoms with Crippen molar-refractivity contribution in [1.82, 2.24) is 5.32 Å². The van der Waals surface area contributed by atoms with Gasteiger partial charge in [-0.3, -0.25) is 4.79 Å². The van der Waals surface area contributed by atoms with Crippen LogP contribution in [0, 0.1) is 11.3 Å². The molecule has 2 unspecified atom stereocenters. The molecule has 0 aliphatic carbocycles. The van der Waals surface area contributed by atoms with Gasteiger partial charge in [-0.25, -0.2) is 0 Å². The molecule has 1 heterocycles. The van der Waals surface area contributed by atoms with Gasteiger partial charge in [0, 0.05) is 19.6 Å². The van der Waals surface area contributed by atoms with Crippen LogP contribution in [0.4, 0.5) is 5.69 Å². The minimum Gasteiger partial charge on any atom is -0.370 e. The van der Waals surface area contributed by atoms with Crippen LogP contribution < -0.4 is 10.2 Å². The first-order valence-electron chi connectivity index (χ1n) is 9.32. The highest BCUT2D eigenvalue weighted by atomic mass is 35.5. The number of anilines is 1. The normalized spacial score (nSPS) is 21.6. The first-order chi connectivity index (χ1) is 11.9. The average Bonchev–Trinajstić information content (AvgIpc) is 2.99. The zero-order chi connectivity index (χ0) is 18.4. The lowest BCUT2D eigenvalue weighted by molar-refractivity contribution is -0.120. The first-order valence-corrected chi connectivity index (χ1v) is 10.2. The molecule has 5 heteroatoms. The van der Waals surface area contributed by atoms with Crippen molar-refractivity contribution >= 4 is 35.8 Å². The van der Waals surface area contributed by atoms with E-state index in [9.17, 15) is 4.79 Å². The average molecular weight is 383 g/mol. The molecule has 1 N–H and O–H groups in total. The molecule has 0 spiro atoms. The van der Waals surface area contributed by atoms with E-state index in [1.807, 2.05) is 18.2 Å². The fraction of sp³-hybridized carbons (Fsp3) is 0.650. The Morgan fingerprint density at radius 3 is 2.76 bits per heavy atom. The molecule has 1 aromatic carbocycles. The van der Waals surface area contributed by atoms with Gasteiger partial charge in [-0.05, 0) is 49.1 Å². The predicted molar refractivity (Wildman–Crippen MR) is 111 cm³/mol. The van der Waals surface area contributed by atoms with Crippen molar-refractivity contribution in [3.63, 3.8) is 0 Å². The number of carbonyl (C=O) groups is 1. The van der Waals surface area contributed by atoms with Crippen LogP contribution in [0.25, 0.3) is 0 Å². The van der Waals surface area contributed by atoms with Gasteiger partial charge in [0.25, 0.3) is 0 Å². The number of nitrogens with zero attached hydrogens (tertiary/aromatic N) is 1. The van der Waals surface area contributed by atoms with Gasteiger partial charge in [0.2, 0.25) is 5.91 Å². The Labute approximate surface area is 162 Å². The van der Waals surface area contributed by atoms with Crippen molar-refractivity contribution in [3.05, 3.63) is 29.3 Å². The van der Waals surface area contributed by atoms with Gasteiger partial charge >= 0.3 is 0 Å². The largest absolute Gasteiger partial charge is 0.370 e. The molecule has 0 radical (unpaired) electrons. The lowest BCUT2D eigenvalue weighted by Gasteiger charge is -2.29. The van der Waals surface area contributed by atoms with Crippen LogP contribution in [-0.4, -0.2) is 30.8 Å². The van der Waals surface area contributed by atoms with E-state index in [4.69, 9.17) is 11.6 Å². The Hall–Kier alpha value is -0.870. The third-order valence-corrected chi connectivity index (χ3v) is 6.10. The zero-order valence-electron chi connectivity index (χ0n) is 15.6. The van der Waals surface area contributed by atoms with E-state index in [1.165, 1.54) is 0 Å². The molecule has 3 nitrogen and oxygen atoms in total. The second-order valence-electron chi connectivity index (χ2n) is 7.66. The van der Waals surface area contributed by atoms with E-state index in [0.29, 0.717) is 5.92 Å². The Bertz CT molecular complexity index is 581. The maximum atomic E-state index is 12.2. The van der Waals surface area contributed by atoms with Crippen LogP contribution in [0.15, 0.2) is 24.3 Å². The number of thiol groups is 1. The third kappa shape index (κ3) is 5.55. The molecule has 0 aromatic heterocycles. The van der Waals surface area contributed by atoms with Crippen molar-refractivity contribution in [2.24, 2.45) is 11.3 Å². The van der Waals surface area contributed by atoms with Crippen molar-refractivity contribution in [2.75, 3.05) is 24.5 Å². The number of benzene rings is 1. The van der Waals surface area contributed by atoms with E-state index in [0.717, 1.165) is 56.0 Å². The molecular formula is C20H31ClN2OS. The summed E-state index contributed by atoms with van der Waals surface area (Å²) in [6, 6.07) is 8.04. The highest BCUT2D eigenvalue weighted by Crippen LogP contribution is 2.40. The van der Waals surface area contributed by atoms with Crippen LogP contribution in [0.3, 0.4) is 0 Å². The fourth-order valence-electron chi connectivity index (χ4n) is 3.64. The number of amides is 1. The molecular weight excluding hydrogens is 352 g/mol. The topological polar surface area (TPSA) is 32.3 Å². The van der Waals surface area contributed by atoms with Crippen molar-refractivity contribution in [1.29, 1.82) is 0 Å². The number of para-hydroxylation sites is 1. The highest BCUT2D eigenvalue weighted by molar-refractivity contribution is 7.81. The Balaban J connectivity index is 1.88. The van der Waals surface area contributed by atoms with E-state index in [2.05, 4.69) is 49.7 Å². The number of halogens is 1. The van der Waals surface area contributed by atoms with E-state index in [1.54, 1.807) is 0 Å². The van der Waals surface area contributed by atoms with Gasteiger partial charge in [-0.2, -0.15) is 12.6 Å². The van der Waals surface area contributed by atoms with E-state index < -0.39 is 0 Å².